The van der Waals surface area contributed by atoms with Gasteiger partial charge in [0.05, 0.1) is 15.6 Å². The number of pyridine rings is 1. The van der Waals surface area contributed by atoms with E-state index >= 15 is 0 Å². The molecule has 28 heavy (non-hydrogen) atoms. The summed E-state index contributed by atoms with van der Waals surface area (Å²) < 4.78 is 1.13. The number of thiophene rings is 1. The molecule has 1 fully saturated rings. The zero-order chi connectivity index (χ0) is 19.1. The second-order valence-corrected chi connectivity index (χ2v) is 9.31. The van der Waals surface area contributed by atoms with E-state index in [1.54, 1.807) is 11.3 Å². The molecule has 1 aliphatic heterocycles. The zero-order valence-corrected chi connectivity index (χ0v) is 17.2. The van der Waals surface area contributed by atoms with Gasteiger partial charge in [-0.1, -0.05) is 6.07 Å². The van der Waals surface area contributed by atoms with Crippen LogP contribution in [-0.2, 0) is 6.54 Å². The second kappa shape index (κ2) is 7.31. The number of thioether (sulfide) groups is 1. The van der Waals surface area contributed by atoms with Gasteiger partial charge in [0, 0.05) is 37.3 Å². The fraction of sp³-hybridized carbons (Fsp3) is 0.286. The number of nitrogens with zero attached hydrogens (tertiary/aromatic N) is 3. The number of rotatable bonds is 3. The molecular weight excluding hydrogens is 388 g/mol. The van der Waals surface area contributed by atoms with E-state index in [1.807, 2.05) is 42.4 Å². The highest BCUT2D eigenvalue weighted by Gasteiger charge is 2.14. The molecule has 5 rings (SSSR count). The first-order valence-electron chi connectivity index (χ1n) is 9.35. The Morgan fingerprint density at radius 3 is 2.93 bits per heavy atom. The van der Waals surface area contributed by atoms with E-state index in [0.29, 0.717) is 16.9 Å². The van der Waals surface area contributed by atoms with E-state index in [9.17, 15) is 4.79 Å². The molecule has 1 saturated heterocycles. The van der Waals surface area contributed by atoms with Crippen LogP contribution in [0, 0.1) is 6.92 Å². The molecule has 0 bridgehead atoms. The van der Waals surface area contributed by atoms with Gasteiger partial charge in [0.1, 0.15) is 5.69 Å². The molecule has 1 aliphatic rings. The van der Waals surface area contributed by atoms with Crippen molar-refractivity contribution in [3.63, 3.8) is 0 Å². The summed E-state index contributed by atoms with van der Waals surface area (Å²) in [5, 5.41) is 3.81. The molecule has 0 amide bonds. The summed E-state index contributed by atoms with van der Waals surface area (Å²) >= 11 is 3.66. The summed E-state index contributed by atoms with van der Waals surface area (Å²) in [6.07, 6.45) is 1.84. The van der Waals surface area contributed by atoms with Crippen molar-refractivity contribution in [1.82, 2.24) is 19.9 Å². The third-order valence-electron chi connectivity index (χ3n) is 5.15. The SMILES string of the molecule is Cc1cc(CN2CCSCC2)cc2c(=O)[nH]c(-c3cc4ccsc4cn3)nc12. The van der Waals surface area contributed by atoms with Crippen LogP contribution in [0.1, 0.15) is 11.1 Å². The largest absolute Gasteiger partial charge is 0.305 e. The van der Waals surface area contributed by atoms with Gasteiger partial charge in [0.2, 0.25) is 0 Å². The molecular formula is C21H20N4OS2. The molecule has 4 aromatic rings. The smallest absolute Gasteiger partial charge is 0.259 e. The predicted molar refractivity (Wildman–Crippen MR) is 118 cm³/mol. The van der Waals surface area contributed by atoms with Crippen molar-refractivity contribution in [2.45, 2.75) is 13.5 Å². The maximum absolute atomic E-state index is 12.8. The van der Waals surface area contributed by atoms with E-state index in [2.05, 4.69) is 27.0 Å². The normalized spacial score (nSPS) is 15.5. The second-order valence-electron chi connectivity index (χ2n) is 7.14. The van der Waals surface area contributed by atoms with Crippen LogP contribution < -0.4 is 5.56 Å². The Bertz CT molecular complexity index is 1220. The molecule has 7 heteroatoms. The Morgan fingerprint density at radius 2 is 2.07 bits per heavy atom. The van der Waals surface area contributed by atoms with Crippen LogP contribution in [-0.4, -0.2) is 44.4 Å². The van der Waals surface area contributed by atoms with Gasteiger partial charge >= 0.3 is 0 Å². The molecule has 0 aliphatic carbocycles. The van der Waals surface area contributed by atoms with E-state index in [-0.39, 0.29) is 5.56 Å². The molecule has 0 atom stereocenters. The minimum absolute atomic E-state index is 0.105. The minimum Gasteiger partial charge on any atom is -0.305 e. The summed E-state index contributed by atoms with van der Waals surface area (Å²) in [4.78, 5) is 27.5. The third kappa shape index (κ3) is 3.34. The average Bonchev–Trinajstić information content (AvgIpc) is 3.17. The van der Waals surface area contributed by atoms with Gasteiger partial charge in [-0.15, -0.1) is 11.3 Å². The van der Waals surface area contributed by atoms with E-state index in [4.69, 9.17) is 4.98 Å². The quantitative estimate of drug-likeness (QED) is 0.554. The van der Waals surface area contributed by atoms with Crippen LogP contribution in [0.25, 0.3) is 32.5 Å². The van der Waals surface area contributed by atoms with Crippen LogP contribution in [0.5, 0.6) is 0 Å². The van der Waals surface area contributed by atoms with Crippen LogP contribution in [0.3, 0.4) is 0 Å². The van der Waals surface area contributed by atoms with Gasteiger partial charge in [-0.25, -0.2) is 4.98 Å². The topological polar surface area (TPSA) is 61.9 Å². The van der Waals surface area contributed by atoms with E-state index in [1.165, 1.54) is 17.1 Å². The van der Waals surface area contributed by atoms with Gasteiger partial charge in [0.25, 0.3) is 5.56 Å². The Labute approximate surface area is 170 Å². The lowest BCUT2D eigenvalue weighted by atomic mass is 10.1. The Hall–Kier alpha value is -2.22. The molecule has 142 valence electrons. The van der Waals surface area contributed by atoms with Crippen molar-refractivity contribution in [3.05, 3.63) is 57.3 Å². The summed E-state index contributed by atoms with van der Waals surface area (Å²) in [5.41, 5.74) is 3.55. The van der Waals surface area contributed by atoms with Crippen molar-refractivity contribution < 1.29 is 0 Å². The molecule has 3 aromatic heterocycles. The minimum atomic E-state index is -0.105. The molecule has 1 N–H and O–H groups in total. The standard InChI is InChI=1S/C21H20N4OS2/c1-13-8-14(12-25-3-6-27-7-4-25)9-16-19(13)23-20(24-21(16)26)17-10-15-2-5-28-18(15)11-22-17/h2,5,8-11H,3-4,6-7,12H2,1H3,(H,23,24,26). The van der Waals surface area contributed by atoms with Gasteiger partial charge in [0.15, 0.2) is 5.82 Å². The molecule has 0 unspecified atom stereocenters. The van der Waals surface area contributed by atoms with Gasteiger partial charge in [-0.3, -0.25) is 14.7 Å². The molecule has 0 spiro atoms. The number of nitrogens with one attached hydrogen (secondary N) is 1. The highest BCUT2D eigenvalue weighted by atomic mass is 32.2. The molecule has 1 aromatic carbocycles. The van der Waals surface area contributed by atoms with Gasteiger partial charge in [-0.2, -0.15) is 11.8 Å². The number of aromatic amines is 1. The summed E-state index contributed by atoms with van der Waals surface area (Å²) in [6.45, 7) is 5.12. The number of aromatic nitrogens is 3. The Kier molecular flexibility index (Phi) is 4.66. The lowest BCUT2D eigenvalue weighted by molar-refractivity contribution is 0.294. The highest BCUT2D eigenvalue weighted by molar-refractivity contribution is 7.99. The number of aryl methyl sites for hydroxylation is 1. The van der Waals surface area contributed by atoms with Crippen LogP contribution >= 0.6 is 23.1 Å². The number of hydrogen-bond donors (Lipinski definition) is 1. The van der Waals surface area contributed by atoms with Crippen molar-refractivity contribution in [2.75, 3.05) is 24.6 Å². The fourth-order valence-corrected chi connectivity index (χ4v) is 5.43. The maximum Gasteiger partial charge on any atom is 0.259 e. The lowest BCUT2D eigenvalue weighted by Gasteiger charge is -2.26. The van der Waals surface area contributed by atoms with E-state index in [0.717, 1.165) is 40.8 Å². The van der Waals surface area contributed by atoms with Crippen LogP contribution in [0.2, 0.25) is 0 Å². The summed E-state index contributed by atoms with van der Waals surface area (Å²) in [6, 6.07) is 8.19. The van der Waals surface area contributed by atoms with E-state index < -0.39 is 0 Å². The maximum atomic E-state index is 12.8. The molecule has 0 saturated carbocycles. The average molecular weight is 409 g/mol. The van der Waals surface area contributed by atoms with Crippen molar-refractivity contribution in [1.29, 1.82) is 0 Å². The molecule has 5 nitrogen and oxygen atoms in total. The number of benzene rings is 1. The summed E-state index contributed by atoms with van der Waals surface area (Å²) in [5.74, 6) is 2.88. The van der Waals surface area contributed by atoms with Crippen LogP contribution in [0.4, 0.5) is 0 Å². The monoisotopic (exact) mass is 408 g/mol. The lowest BCUT2D eigenvalue weighted by Crippen LogP contribution is -2.32. The number of H-pyrrole nitrogens is 1. The van der Waals surface area contributed by atoms with Crippen molar-refractivity contribution in [2.24, 2.45) is 0 Å². The third-order valence-corrected chi connectivity index (χ3v) is 6.96. The highest BCUT2D eigenvalue weighted by Crippen LogP contribution is 2.25. The van der Waals surface area contributed by atoms with Crippen LogP contribution in [0.15, 0.2) is 40.6 Å². The fourth-order valence-electron chi connectivity index (χ4n) is 3.72. The van der Waals surface area contributed by atoms with Crippen molar-refractivity contribution >= 4 is 44.1 Å². The first-order chi connectivity index (χ1) is 13.7. The summed E-state index contributed by atoms with van der Waals surface area (Å²) in [7, 11) is 0. The Morgan fingerprint density at radius 1 is 1.21 bits per heavy atom. The molecule has 0 radical (unpaired) electrons. The predicted octanol–water partition coefficient (Wildman–Crippen LogP) is 4.06. The van der Waals surface area contributed by atoms with Gasteiger partial charge < -0.3 is 4.98 Å². The Balaban J connectivity index is 1.55. The number of fused-ring (bicyclic) bond motifs is 2. The number of hydrogen-bond acceptors (Lipinski definition) is 6. The first-order valence-corrected chi connectivity index (χ1v) is 11.4. The molecule has 4 heterocycles. The van der Waals surface area contributed by atoms with Gasteiger partial charge in [-0.05, 0) is 47.0 Å². The first kappa shape index (κ1) is 17.8. The zero-order valence-electron chi connectivity index (χ0n) is 15.6. The van der Waals surface area contributed by atoms with Crippen molar-refractivity contribution in [3.8, 4) is 11.5 Å².